The lowest BCUT2D eigenvalue weighted by molar-refractivity contribution is -0.0168. The molecule has 0 aliphatic carbocycles. The molecule has 1 rings (SSSR count). The van der Waals surface area contributed by atoms with Crippen LogP contribution in [0.4, 0.5) is 5.82 Å². The lowest BCUT2D eigenvalue weighted by Gasteiger charge is -2.19. The zero-order valence-corrected chi connectivity index (χ0v) is 13.0. The Morgan fingerprint density at radius 1 is 1.20 bits per heavy atom. The van der Waals surface area contributed by atoms with Crippen molar-refractivity contribution in [1.29, 1.82) is 0 Å². The van der Waals surface area contributed by atoms with E-state index in [4.69, 9.17) is 14.2 Å². The van der Waals surface area contributed by atoms with Crippen LogP contribution in [0, 0.1) is 0 Å². The third-order valence-electron chi connectivity index (χ3n) is 2.31. The molecule has 1 aromatic heterocycles. The molecule has 0 saturated carbocycles. The molecule has 6 nitrogen and oxygen atoms in total. The summed E-state index contributed by atoms with van der Waals surface area (Å²) in [6.45, 7) is 9.94. The molecule has 0 aliphatic heterocycles. The van der Waals surface area contributed by atoms with Crippen LogP contribution in [0.2, 0.25) is 0 Å². The van der Waals surface area contributed by atoms with Crippen molar-refractivity contribution in [3.05, 3.63) is 11.9 Å². The highest BCUT2D eigenvalue weighted by molar-refractivity contribution is 5.37. The molecule has 0 fully saturated rings. The van der Waals surface area contributed by atoms with Gasteiger partial charge in [0.2, 0.25) is 5.88 Å². The van der Waals surface area contributed by atoms with E-state index in [2.05, 4.69) is 15.3 Å². The fourth-order valence-corrected chi connectivity index (χ4v) is 1.43. The maximum Gasteiger partial charge on any atom is 0.218 e. The van der Waals surface area contributed by atoms with Crippen molar-refractivity contribution in [2.45, 2.75) is 39.9 Å². The highest BCUT2D eigenvalue weighted by atomic mass is 16.5. The molecule has 0 aliphatic rings. The second-order valence-electron chi connectivity index (χ2n) is 5.20. The van der Waals surface area contributed by atoms with E-state index in [1.807, 2.05) is 27.7 Å². The van der Waals surface area contributed by atoms with Crippen LogP contribution < -0.4 is 10.1 Å². The standard InChI is InChI=1S/C14H25N3O3/c1-6-18-10-12-16-11(15-5)9-13(17-12)19-7-8-20-14(2,3)4/h9H,6-8,10H2,1-5H3,(H,15,16,17). The van der Waals surface area contributed by atoms with Crippen molar-refractivity contribution in [3.8, 4) is 5.88 Å². The minimum absolute atomic E-state index is 0.161. The molecule has 0 atom stereocenters. The van der Waals surface area contributed by atoms with Crippen LogP contribution in [-0.2, 0) is 16.1 Å². The number of rotatable bonds is 8. The Morgan fingerprint density at radius 3 is 2.55 bits per heavy atom. The lowest BCUT2D eigenvalue weighted by atomic mass is 10.2. The van der Waals surface area contributed by atoms with Crippen LogP contribution in [0.5, 0.6) is 5.88 Å². The maximum absolute atomic E-state index is 5.59. The van der Waals surface area contributed by atoms with Crippen LogP contribution in [0.1, 0.15) is 33.5 Å². The topological polar surface area (TPSA) is 65.5 Å². The van der Waals surface area contributed by atoms with Gasteiger partial charge in [-0.2, -0.15) is 4.98 Å². The first kappa shape index (κ1) is 16.7. The van der Waals surface area contributed by atoms with E-state index in [9.17, 15) is 0 Å². The van der Waals surface area contributed by atoms with E-state index in [1.54, 1.807) is 13.1 Å². The average Bonchev–Trinajstić information content (AvgIpc) is 2.40. The molecule has 0 saturated heterocycles. The summed E-state index contributed by atoms with van der Waals surface area (Å²) < 4.78 is 16.5. The van der Waals surface area contributed by atoms with E-state index in [-0.39, 0.29) is 5.60 Å². The van der Waals surface area contributed by atoms with Crippen molar-refractivity contribution in [3.63, 3.8) is 0 Å². The molecule has 1 N–H and O–H groups in total. The summed E-state index contributed by atoms with van der Waals surface area (Å²) in [5.74, 6) is 1.84. The first-order chi connectivity index (χ1) is 9.44. The lowest BCUT2D eigenvalue weighted by Crippen LogP contribution is -2.22. The molecule has 20 heavy (non-hydrogen) atoms. The molecule has 0 unspecified atom stereocenters. The predicted octanol–water partition coefficient (Wildman–Crippen LogP) is 2.25. The van der Waals surface area contributed by atoms with Gasteiger partial charge in [-0.3, -0.25) is 0 Å². The first-order valence-corrected chi connectivity index (χ1v) is 6.85. The number of nitrogens with zero attached hydrogens (tertiary/aromatic N) is 2. The molecule has 0 amide bonds. The summed E-state index contributed by atoms with van der Waals surface area (Å²) in [6.07, 6.45) is 0. The highest BCUT2D eigenvalue weighted by Crippen LogP contribution is 2.14. The number of hydrogen-bond donors (Lipinski definition) is 1. The zero-order valence-electron chi connectivity index (χ0n) is 13.0. The molecule has 0 radical (unpaired) electrons. The van der Waals surface area contributed by atoms with Crippen LogP contribution >= 0.6 is 0 Å². The fraction of sp³-hybridized carbons (Fsp3) is 0.714. The van der Waals surface area contributed by atoms with Crippen LogP contribution in [0.25, 0.3) is 0 Å². The van der Waals surface area contributed by atoms with Gasteiger partial charge in [0.25, 0.3) is 0 Å². The van der Waals surface area contributed by atoms with Gasteiger partial charge >= 0.3 is 0 Å². The van der Waals surface area contributed by atoms with Gasteiger partial charge in [0.15, 0.2) is 5.82 Å². The summed E-state index contributed by atoms with van der Waals surface area (Å²) in [7, 11) is 1.80. The Balaban J connectivity index is 2.55. The molecule has 0 spiro atoms. The summed E-state index contributed by atoms with van der Waals surface area (Å²) in [5.41, 5.74) is -0.161. The van der Waals surface area contributed by atoms with Crippen molar-refractivity contribution < 1.29 is 14.2 Å². The number of ether oxygens (including phenoxy) is 3. The van der Waals surface area contributed by atoms with Crippen molar-refractivity contribution in [1.82, 2.24) is 9.97 Å². The summed E-state index contributed by atoms with van der Waals surface area (Å²) >= 11 is 0. The monoisotopic (exact) mass is 283 g/mol. The van der Waals surface area contributed by atoms with Gasteiger partial charge < -0.3 is 19.5 Å². The molecule has 0 aromatic carbocycles. The van der Waals surface area contributed by atoms with Crippen LogP contribution in [0.3, 0.4) is 0 Å². The Bertz CT molecular complexity index is 405. The summed E-state index contributed by atoms with van der Waals surface area (Å²) in [5, 5.41) is 2.98. The normalized spacial score (nSPS) is 11.4. The second kappa shape index (κ2) is 8.01. The molecule has 6 heteroatoms. The number of hydrogen-bond acceptors (Lipinski definition) is 6. The SMILES string of the molecule is CCOCc1nc(NC)cc(OCCOC(C)(C)C)n1. The van der Waals surface area contributed by atoms with E-state index in [0.29, 0.717) is 43.9 Å². The van der Waals surface area contributed by atoms with E-state index >= 15 is 0 Å². The van der Waals surface area contributed by atoms with E-state index in [0.717, 1.165) is 0 Å². The van der Waals surface area contributed by atoms with Gasteiger partial charge in [-0.25, -0.2) is 4.98 Å². The Kier molecular flexibility index (Phi) is 6.67. The Labute approximate surface area is 120 Å². The largest absolute Gasteiger partial charge is 0.475 e. The van der Waals surface area contributed by atoms with Gasteiger partial charge in [-0.05, 0) is 27.7 Å². The molecule has 0 bridgehead atoms. The second-order valence-corrected chi connectivity index (χ2v) is 5.20. The van der Waals surface area contributed by atoms with Gasteiger partial charge in [0.05, 0.1) is 12.2 Å². The van der Waals surface area contributed by atoms with Gasteiger partial charge in [-0.1, -0.05) is 0 Å². The molecule has 1 heterocycles. The number of nitrogens with one attached hydrogen (secondary N) is 1. The van der Waals surface area contributed by atoms with E-state index < -0.39 is 0 Å². The van der Waals surface area contributed by atoms with Crippen LogP contribution in [0.15, 0.2) is 6.07 Å². The quantitative estimate of drug-likeness (QED) is 0.738. The number of aromatic nitrogens is 2. The van der Waals surface area contributed by atoms with Crippen molar-refractivity contribution in [2.24, 2.45) is 0 Å². The van der Waals surface area contributed by atoms with Gasteiger partial charge in [0.1, 0.15) is 19.0 Å². The van der Waals surface area contributed by atoms with Gasteiger partial charge in [0, 0.05) is 19.7 Å². The Hall–Kier alpha value is -1.40. The van der Waals surface area contributed by atoms with E-state index in [1.165, 1.54) is 0 Å². The number of anilines is 1. The molecule has 114 valence electrons. The fourth-order valence-electron chi connectivity index (χ4n) is 1.43. The van der Waals surface area contributed by atoms with Crippen molar-refractivity contribution in [2.75, 3.05) is 32.2 Å². The third kappa shape index (κ3) is 6.68. The smallest absolute Gasteiger partial charge is 0.218 e. The summed E-state index contributed by atoms with van der Waals surface area (Å²) in [6, 6.07) is 1.76. The highest BCUT2D eigenvalue weighted by Gasteiger charge is 2.10. The van der Waals surface area contributed by atoms with Gasteiger partial charge in [-0.15, -0.1) is 0 Å². The van der Waals surface area contributed by atoms with Crippen LogP contribution in [-0.4, -0.2) is 42.4 Å². The molecule has 1 aromatic rings. The minimum Gasteiger partial charge on any atom is -0.475 e. The molecular formula is C14H25N3O3. The summed E-state index contributed by atoms with van der Waals surface area (Å²) in [4.78, 5) is 8.60. The Morgan fingerprint density at radius 2 is 1.95 bits per heavy atom. The van der Waals surface area contributed by atoms with Crippen molar-refractivity contribution >= 4 is 5.82 Å². The average molecular weight is 283 g/mol. The zero-order chi connectivity index (χ0) is 15.0. The molecular weight excluding hydrogens is 258 g/mol. The third-order valence-corrected chi connectivity index (χ3v) is 2.31. The maximum atomic E-state index is 5.59. The predicted molar refractivity (Wildman–Crippen MR) is 78.1 cm³/mol. The first-order valence-electron chi connectivity index (χ1n) is 6.85. The minimum atomic E-state index is -0.161.